The van der Waals surface area contributed by atoms with Gasteiger partial charge in [0.25, 0.3) is 5.91 Å². The topological polar surface area (TPSA) is 83.5 Å². The lowest BCUT2D eigenvalue weighted by Gasteiger charge is -2.20. The Kier molecular flexibility index (Phi) is 6.16. The van der Waals surface area contributed by atoms with Crippen LogP contribution < -0.4 is 4.90 Å². The molecule has 0 unspecified atom stereocenters. The van der Waals surface area contributed by atoms with Crippen LogP contribution in [0.1, 0.15) is 34.3 Å². The van der Waals surface area contributed by atoms with Crippen LogP contribution in [-0.2, 0) is 16.6 Å². The number of pyridine rings is 1. The summed E-state index contributed by atoms with van der Waals surface area (Å²) >= 11 is 1.46. The molecule has 0 saturated carbocycles. The molecule has 5 rings (SSSR count). The van der Waals surface area contributed by atoms with Gasteiger partial charge in [-0.25, -0.2) is 13.4 Å². The number of carbonyl (C=O) groups excluding carboxylic acids is 1. The molecular formula is C25H24N4O3S2. The third kappa shape index (κ3) is 4.46. The number of nitrogens with zero attached hydrogens (tertiary/aromatic N) is 4. The van der Waals surface area contributed by atoms with E-state index in [1.54, 1.807) is 29.4 Å². The van der Waals surface area contributed by atoms with E-state index in [2.05, 4.69) is 11.1 Å². The summed E-state index contributed by atoms with van der Waals surface area (Å²) in [6.45, 7) is 3.41. The molecule has 1 aliphatic heterocycles. The monoisotopic (exact) mass is 492 g/mol. The maximum absolute atomic E-state index is 13.6. The number of rotatable bonds is 6. The third-order valence-electron chi connectivity index (χ3n) is 5.88. The second-order valence-electron chi connectivity index (χ2n) is 8.36. The van der Waals surface area contributed by atoms with Crippen molar-refractivity contribution in [3.63, 3.8) is 0 Å². The van der Waals surface area contributed by atoms with Gasteiger partial charge in [-0.05, 0) is 73.4 Å². The molecular weight excluding hydrogens is 468 g/mol. The van der Waals surface area contributed by atoms with Crippen molar-refractivity contribution in [2.24, 2.45) is 0 Å². The molecule has 1 fully saturated rings. The van der Waals surface area contributed by atoms with E-state index in [1.165, 1.54) is 27.8 Å². The minimum Gasteiger partial charge on any atom is -0.279 e. The number of fused-ring (bicyclic) bond motifs is 1. The quantitative estimate of drug-likeness (QED) is 0.392. The number of sulfonamides is 1. The Hall–Kier alpha value is -3.14. The molecule has 2 aromatic carbocycles. The van der Waals surface area contributed by atoms with Crippen LogP contribution in [0.3, 0.4) is 0 Å². The minimum atomic E-state index is -3.53. The first-order chi connectivity index (χ1) is 16.4. The number of thiazole rings is 1. The standard InChI is InChI=1S/C25H24N4O3S2/c1-18-6-11-22-23(15-18)33-25(27-22)29(17-19-5-4-12-26-16-19)24(30)20-7-9-21(10-8-20)34(31,32)28-13-2-3-14-28/h4-12,15-16H,2-3,13-14,17H2,1H3. The van der Waals surface area contributed by atoms with E-state index in [0.29, 0.717) is 30.3 Å². The molecule has 4 aromatic rings. The molecule has 3 heterocycles. The van der Waals surface area contributed by atoms with Crippen molar-refractivity contribution in [3.8, 4) is 0 Å². The zero-order valence-corrected chi connectivity index (χ0v) is 20.3. The van der Waals surface area contributed by atoms with E-state index in [-0.39, 0.29) is 10.8 Å². The van der Waals surface area contributed by atoms with Crippen LogP contribution in [0.2, 0.25) is 0 Å². The SMILES string of the molecule is Cc1ccc2nc(N(Cc3cccnc3)C(=O)c3ccc(S(=O)(=O)N4CCCC4)cc3)sc2c1. The van der Waals surface area contributed by atoms with Gasteiger partial charge in [0.1, 0.15) is 0 Å². The van der Waals surface area contributed by atoms with Gasteiger partial charge in [-0.2, -0.15) is 4.31 Å². The lowest BCUT2D eigenvalue weighted by atomic mass is 10.2. The van der Waals surface area contributed by atoms with Crippen molar-refractivity contribution in [1.29, 1.82) is 0 Å². The molecule has 34 heavy (non-hydrogen) atoms. The highest BCUT2D eigenvalue weighted by Gasteiger charge is 2.28. The van der Waals surface area contributed by atoms with Gasteiger partial charge in [0.15, 0.2) is 5.13 Å². The molecule has 0 N–H and O–H groups in total. The number of aryl methyl sites for hydroxylation is 1. The number of amides is 1. The van der Waals surface area contributed by atoms with E-state index in [4.69, 9.17) is 4.98 Å². The summed E-state index contributed by atoms with van der Waals surface area (Å²) in [5.41, 5.74) is 3.24. The molecule has 9 heteroatoms. The smallest absolute Gasteiger partial charge is 0.260 e. The molecule has 0 aliphatic carbocycles. The number of anilines is 1. The second-order valence-corrected chi connectivity index (χ2v) is 11.3. The van der Waals surface area contributed by atoms with Crippen LogP contribution in [0.25, 0.3) is 10.2 Å². The van der Waals surface area contributed by atoms with Gasteiger partial charge in [0.2, 0.25) is 10.0 Å². The largest absolute Gasteiger partial charge is 0.279 e. The van der Waals surface area contributed by atoms with Crippen LogP contribution in [0, 0.1) is 6.92 Å². The normalized spacial score (nSPS) is 14.5. The minimum absolute atomic E-state index is 0.209. The van der Waals surface area contributed by atoms with E-state index in [1.807, 2.05) is 31.2 Å². The maximum Gasteiger partial charge on any atom is 0.260 e. The first-order valence-electron chi connectivity index (χ1n) is 11.1. The maximum atomic E-state index is 13.6. The Balaban J connectivity index is 1.48. The second kappa shape index (κ2) is 9.25. The summed E-state index contributed by atoms with van der Waals surface area (Å²) in [5.74, 6) is -0.246. The lowest BCUT2D eigenvalue weighted by molar-refractivity contribution is 0.0985. The first-order valence-corrected chi connectivity index (χ1v) is 13.4. The molecule has 0 atom stereocenters. The summed E-state index contributed by atoms with van der Waals surface area (Å²) in [6, 6.07) is 16.0. The van der Waals surface area contributed by atoms with Crippen molar-refractivity contribution in [2.45, 2.75) is 31.2 Å². The van der Waals surface area contributed by atoms with Crippen molar-refractivity contribution < 1.29 is 13.2 Å². The van der Waals surface area contributed by atoms with Gasteiger partial charge < -0.3 is 0 Å². The number of hydrogen-bond donors (Lipinski definition) is 0. The number of aromatic nitrogens is 2. The van der Waals surface area contributed by atoms with Gasteiger partial charge in [-0.15, -0.1) is 0 Å². The summed E-state index contributed by atoms with van der Waals surface area (Å²) < 4.78 is 28.2. The highest BCUT2D eigenvalue weighted by molar-refractivity contribution is 7.89. The molecule has 1 amide bonds. The van der Waals surface area contributed by atoms with Crippen molar-refractivity contribution in [3.05, 3.63) is 83.7 Å². The van der Waals surface area contributed by atoms with E-state index in [0.717, 1.165) is 34.2 Å². The molecule has 0 spiro atoms. The van der Waals surface area contributed by atoms with Crippen molar-refractivity contribution in [1.82, 2.24) is 14.3 Å². The Labute approximate surface area is 202 Å². The predicted molar refractivity (Wildman–Crippen MR) is 134 cm³/mol. The molecule has 0 bridgehead atoms. The summed E-state index contributed by atoms with van der Waals surface area (Å²) in [4.78, 5) is 24.3. The average molecular weight is 493 g/mol. The Morgan fingerprint density at radius 3 is 2.56 bits per heavy atom. The van der Waals surface area contributed by atoms with Crippen LogP contribution in [0.15, 0.2) is 71.9 Å². The summed E-state index contributed by atoms with van der Waals surface area (Å²) in [5, 5.41) is 0.586. The highest BCUT2D eigenvalue weighted by atomic mass is 32.2. The van der Waals surface area contributed by atoms with Gasteiger partial charge in [0, 0.05) is 31.0 Å². The molecule has 1 aliphatic rings. The van der Waals surface area contributed by atoms with Gasteiger partial charge in [0.05, 0.1) is 21.7 Å². The molecule has 174 valence electrons. The van der Waals surface area contributed by atoms with Crippen LogP contribution >= 0.6 is 11.3 Å². The Bertz CT molecular complexity index is 1430. The summed E-state index contributed by atoms with van der Waals surface area (Å²) in [6.07, 6.45) is 5.17. The Morgan fingerprint density at radius 1 is 1.09 bits per heavy atom. The zero-order chi connectivity index (χ0) is 23.7. The fraction of sp³-hybridized carbons (Fsp3) is 0.240. The van der Waals surface area contributed by atoms with Crippen molar-refractivity contribution >= 4 is 42.6 Å². The van der Waals surface area contributed by atoms with Crippen molar-refractivity contribution in [2.75, 3.05) is 18.0 Å². The first kappa shape index (κ1) is 22.6. The zero-order valence-electron chi connectivity index (χ0n) is 18.7. The summed E-state index contributed by atoms with van der Waals surface area (Å²) in [7, 11) is -3.53. The fourth-order valence-corrected chi connectivity index (χ4v) is 6.62. The molecule has 1 saturated heterocycles. The van der Waals surface area contributed by atoms with E-state index >= 15 is 0 Å². The molecule has 7 nitrogen and oxygen atoms in total. The van der Waals surface area contributed by atoms with Crippen LogP contribution in [-0.4, -0.2) is 41.7 Å². The average Bonchev–Trinajstić information content (AvgIpc) is 3.53. The van der Waals surface area contributed by atoms with Gasteiger partial charge in [-0.1, -0.05) is 23.5 Å². The van der Waals surface area contributed by atoms with Crippen LogP contribution in [0.5, 0.6) is 0 Å². The highest BCUT2D eigenvalue weighted by Crippen LogP contribution is 2.31. The Morgan fingerprint density at radius 2 is 1.85 bits per heavy atom. The number of benzene rings is 2. The predicted octanol–water partition coefficient (Wildman–Crippen LogP) is 4.63. The van der Waals surface area contributed by atoms with E-state index < -0.39 is 10.0 Å². The lowest BCUT2D eigenvalue weighted by Crippen LogP contribution is -2.30. The third-order valence-corrected chi connectivity index (χ3v) is 8.83. The fourth-order valence-electron chi connectivity index (χ4n) is 4.04. The number of hydrogen-bond acceptors (Lipinski definition) is 6. The van der Waals surface area contributed by atoms with Gasteiger partial charge >= 0.3 is 0 Å². The van der Waals surface area contributed by atoms with Crippen LogP contribution in [0.4, 0.5) is 5.13 Å². The van der Waals surface area contributed by atoms with Gasteiger partial charge in [-0.3, -0.25) is 14.7 Å². The molecule has 0 radical (unpaired) electrons. The number of carbonyl (C=O) groups is 1. The molecule has 2 aromatic heterocycles. The van der Waals surface area contributed by atoms with E-state index in [9.17, 15) is 13.2 Å².